The summed E-state index contributed by atoms with van der Waals surface area (Å²) in [6.07, 6.45) is 6.75. The highest BCUT2D eigenvalue weighted by molar-refractivity contribution is 7.89. The van der Waals surface area contributed by atoms with Gasteiger partial charge in [0.25, 0.3) is 10.0 Å². The van der Waals surface area contributed by atoms with Gasteiger partial charge in [-0.1, -0.05) is 6.42 Å². The van der Waals surface area contributed by atoms with E-state index in [9.17, 15) is 13.2 Å². The van der Waals surface area contributed by atoms with Gasteiger partial charge in [0.1, 0.15) is 0 Å². The Bertz CT molecular complexity index is 651. The fourth-order valence-electron chi connectivity index (χ4n) is 2.92. The molecular formula is C14H22N4O3S. The summed E-state index contributed by atoms with van der Waals surface area (Å²) in [5.41, 5.74) is 0. The van der Waals surface area contributed by atoms with Crippen molar-refractivity contribution in [2.24, 2.45) is 13.0 Å². The minimum atomic E-state index is -3.56. The first-order valence-corrected chi connectivity index (χ1v) is 9.19. The van der Waals surface area contributed by atoms with Crippen molar-refractivity contribution in [1.82, 2.24) is 18.8 Å². The summed E-state index contributed by atoms with van der Waals surface area (Å²) in [5.74, 6) is 0.363. The number of imidazole rings is 1. The predicted molar refractivity (Wildman–Crippen MR) is 80.5 cm³/mol. The van der Waals surface area contributed by atoms with Crippen molar-refractivity contribution >= 4 is 15.9 Å². The molecule has 0 spiro atoms. The summed E-state index contributed by atoms with van der Waals surface area (Å²) in [4.78, 5) is 18.1. The molecule has 1 aliphatic carbocycles. The molecule has 2 fully saturated rings. The van der Waals surface area contributed by atoms with Crippen LogP contribution in [0.1, 0.15) is 25.7 Å². The Hall–Kier alpha value is -1.41. The molecule has 22 heavy (non-hydrogen) atoms. The van der Waals surface area contributed by atoms with Crippen LogP contribution in [-0.2, 0) is 21.9 Å². The van der Waals surface area contributed by atoms with Gasteiger partial charge in [0, 0.05) is 45.3 Å². The quantitative estimate of drug-likeness (QED) is 0.808. The van der Waals surface area contributed by atoms with Crippen molar-refractivity contribution < 1.29 is 13.2 Å². The second kappa shape index (κ2) is 6.00. The number of nitrogens with zero attached hydrogens (tertiary/aromatic N) is 4. The van der Waals surface area contributed by atoms with Crippen molar-refractivity contribution in [2.45, 2.75) is 30.7 Å². The van der Waals surface area contributed by atoms with Gasteiger partial charge in [-0.25, -0.2) is 13.4 Å². The van der Waals surface area contributed by atoms with Gasteiger partial charge in [-0.15, -0.1) is 0 Å². The first-order valence-electron chi connectivity index (χ1n) is 7.75. The number of rotatable bonds is 3. The number of aromatic nitrogens is 2. The Kier molecular flexibility index (Phi) is 4.22. The Morgan fingerprint density at radius 1 is 1.18 bits per heavy atom. The van der Waals surface area contributed by atoms with Crippen LogP contribution in [0.2, 0.25) is 0 Å². The van der Waals surface area contributed by atoms with Crippen LogP contribution < -0.4 is 0 Å². The average Bonchev–Trinajstić information content (AvgIpc) is 2.72. The van der Waals surface area contributed by atoms with Crippen LogP contribution >= 0.6 is 0 Å². The van der Waals surface area contributed by atoms with Crippen molar-refractivity contribution in [1.29, 1.82) is 0 Å². The molecule has 0 unspecified atom stereocenters. The maximum atomic E-state index is 12.6. The van der Waals surface area contributed by atoms with E-state index >= 15 is 0 Å². The normalized spacial score (nSPS) is 21.4. The molecule has 0 aromatic carbocycles. The summed E-state index contributed by atoms with van der Waals surface area (Å²) >= 11 is 0. The molecular weight excluding hydrogens is 304 g/mol. The summed E-state index contributed by atoms with van der Waals surface area (Å²) in [5, 5.41) is 0.0776. The third-order valence-corrected chi connectivity index (χ3v) is 6.29. The second-order valence-electron chi connectivity index (χ2n) is 6.09. The summed E-state index contributed by atoms with van der Waals surface area (Å²) in [6.45, 7) is 1.90. The van der Waals surface area contributed by atoms with Gasteiger partial charge >= 0.3 is 0 Å². The molecule has 122 valence electrons. The average molecular weight is 326 g/mol. The van der Waals surface area contributed by atoms with Crippen molar-refractivity contribution in [2.75, 3.05) is 26.2 Å². The van der Waals surface area contributed by atoms with Crippen molar-refractivity contribution in [3.05, 3.63) is 12.5 Å². The molecule has 3 rings (SSSR count). The molecule has 2 aliphatic rings. The molecule has 0 radical (unpaired) electrons. The van der Waals surface area contributed by atoms with E-state index in [0.717, 1.165) is 19.3 Å². The Balaban J connectivity index is 1.68. The maximum Gasteiger partial charge on any atom is 0.262 e. The number of carbonyl (C=O) groups excluding carboxylic acids is 1. The molecule has 2 heterocycles. The van der Waals surface area contributed by atoms with E-state index in [1.807, 2.05) is 4.90 Å². The molecule has 8 heteroatoms. The molecule has 1 saturated carbocycles. The van der Waals surface area contributed by atoms with Gasteiger partial charge in [-0.2, -0.15) is 4.31 Å². The van der Waals surface area contributed by atoms with Crippen LogP contribution in [0.5, 0.6) is 0 Å². The van der Waals surface area contributed by atoms with Crippen LogP contribution in [0.3, 0.4) is 0 Å². The van der Waals surface area contributed by atoms with Crippen LogP contribution in [0.15, 0.2) is 17.6 Å². The Morgan fingerprint density at radius 2 is 1.95 bits per heavy atom. The lowest BCUT2D eigenvalue weighted by atomic mass is 9.84. The van der Waals surface area contributed by atoms with Gasteiger partial charge < -0.3 is 9.47 Å². The fourth-order valence-corrected chi connectivity index (χ4v) is 4.36. The minimum absolute atomic E-state index is 0.0776. The minimum Gasteiger partial charge on any atom is -0.341 e. The van der Waals surface area contributed by atoms with E-state index in [1.165, 1.54) is 16.8 Å². The molecule has 1 aliphatic heterocycles. The largest absolute Gasteiger partial charge is 0.341 e. The number of carbonyl (C=O) groups is 1. The molecule has 0 bridgehead atoms. The van der Waals surface area contributed by atoms with Gasteiger partial charge in [-0.05, 0) is 19.3 Å². The lowest BCUT2D eigenvalue weighted by molar-refractivity contribution is -0.138. The molecule has 1 aromatic heterocycles. The van der Waals surface area contributed by atoms with Crippen LogP contribution in [0.25, 0.3) is 0 Å². The molecule has 1 amide bonds. The van der Waals surface area contributed by atoms with E-state index in [1.54, 1.807) is 11.6 Å². The van der Waals surface area contributed by atoms with E-state index in [-0.39, 0.29) is 16.9 Å². The summed E-state index contributed by atoms with van der Waals surface area (Å²) in [6, 6.07) is 0. The Morgan fingerprint density at radius 3 is 2.55 bits per heavy atom. The molecule has 1 aromatic rings. The highest BCUT2D eigenvalue weighted by Gasteiger charge is 2.33. The first kappa shape index (κ1) is 15.5. The highest BCUT2D eigenvalue weighted by Crippen LogP contribution is 2.28. The zero-order valence-corrected chi connectivity index (χ0v) is 13.6. The number of hydrogen-bond acceptors (Lipinski definition) is 4. The standard InChI is InChI=1S/C14H22N4O3S/c1-16-10-13(15-11-16)22(20,21)18-7-3-6-17(8-9-18)14(19)12-4-2-5-12/h10-12H,2-9H2,1H3. The maximum absolute atomic E-state index is 12.6. The zero-order valence-electron chi connectivity index (χ0n) is 12.8. The van der Waals surface area contributed by atoms with E-state index in [2.05, 4.69) is 4.98 Å². The molecule has 1 saturated heterocycles. The van der Waals surface area contributed by atoms with Gasteiger partial charge in [-0.3, -0.25) is 4.79 Å². The summed E-state index contributed by atoms with van der Waals surface area (Å²) in [7, 11) is -1.82. The third kappa shape index (κ3) is 2.89. The Labute approximate surface area is 131 Å². The first-order chi connectivity index (χ1) is 10.5. The van der Waals surface area contributed by atoms with Gasteiger partial charge in [0.05, 0.1) is 6.33 Å². The van der Waals surface area contributed by atoms with Crippen LogP contribution in [0.4, 0.5) is 0 Å². The number of hydrogen-bond donors (Lipinski definition) is 0. The monoisotopic (exact) mass is 326 g/mol. The third-order valence-electron chi connectivity index (χ3n) is 4.51. The lowest BCUT2D eigenvalue weighted by Gasteiger charge is -2.30. The van der Waals surface area contributed by atoms with Crippen LogP contribution in [0, 0.1) is 5.92 Å². The predicted octanol–water partition coefficient (Wildman–Crippen LogP) is 0.443. The van der Waals surface area contributed by atoms with Crippen LogP contribution in [-0.4, -0.2) is 59.3 Å². The summed E-state index contributed by atoms with van der Waals surface area (Å²) < 4.78 is 28.2. The van der Waals surface area contributed by atoms with Gasteiger partial charge in [0.2, 0.25) is 5.91 Å². The molecule has 7 nitrogen and oxygen atoms in total. The zero-order chi connectivity index (χ0) is 15.7. The SMILES string of the molecule is Cn1cnc(S(=O)(=O)N2CCCN(C(=O)C3CCC3)CC2)c1. The number of sulfonamides is 1. The second-order valence-corrected chi connectivity index (χ2v) is 7.97. The van der Waals surface area contributed by atoms with E-state index < -0.39 is 10.0 Å². The molecule has 0 N–H and O–H groups in total. The van der Waals surface area contributed by atoms with Crippen molar-refractivity contribution in [3.63, 3.8) is 0 Å². The lowest BCUT2D eigenvalue weighted by Crippen LogP contribution is -2.41. The number of amides is 1. The smallest absolute Gasteiger partial charge is 0.262 e. The van der Waals surface area contributed by atoms with E-state index in [4.69, 9.17) is 0 Å². The van der Waals surface area contributed by atoms with E-state index in [0.29, 0.717) is 32.6 Å². The van der Waals surface area contributed by atoms with Crippen molar-refractivity contribution in [3.8, 4) is 0 Å². The van der Waals surface area contributed by atoms with Gasteiger partial charge in [0.15, 0.2) is 5.03 Å². The fraction of sp³-hybridized carbons (Fsp3) is 0.714. The number of aryl methyl sites for hydroxylation is 1. The highest BCUT2D eigenvalue weighted by atomic mass is 32.2. The topological polar surface area (TPSA) is 75.5 Å². The molecule has 0 atom stereocenters.